The van der Waals surface area contributed by atoms with Gasteiger partial charge in [0.15, 0.2) is 0 Å². The molecule has 0 saturated carbocycles. The summed E-state index contributed by atoms with van der Waals surface area (Å²) in [6.07, 6.45) is 0.207. The summed E-state index contributed by atoms with van der Waals surface area (Å²) in [6.45, 7) is 7.86. The number of thiophene rings is 1. The fourth-order valence-corrected chi connectivity index (χ4v) is 2.65. The summed E-state index contributed by atoms with van der Waals surface area (Å²) in [5, 5.41) is 8.77. The molecule has 0 saturated heterocycles. The maximum absolute atomic E-state index is 10.7. The van der Waals surface area contributed by atoms with Gasteiger partial charge in [-0.25, -0.2) is 0 Å². The Kier molecular flexibility index (Phi) is 4.96. The van der Waals surface area contributed by atoms with Crippen LogP contribution in [-0.4, -0.2) is 28.6 Å². The molecule has 3 nitrogen and oxygen atoms in total. The van der Waals surface area contributed by atoms with Crippen molar-refractivity contribution < 1.29 is 9.90 Å². The molecule has 90 valence electrons. The highest BCUT2D eigenvalue weighted by Crippen LogP contribution is 2.18. The second kappa shape index (κ2) is 6.01. The molecule has 0 radical (unpaired) electrons. The van der Waals surface area contributed by atoms with Crippen LogP contribution < -0.4 is 0 Å². The third kappa shape index (κ3) is 3.94. The second-order valence-corrected chi connectivity index (χ2v) is 5.39. The lowest BCUT2D eigenvalue weighted by molar-refractivity contribution is -0.138. The molecular formula is C12H19NO2S. The largest absolute Gasteiger partial charge is 0.481 e. The first kappa shape index (κ1) is 13.2. The number of hydrogen-bond donors (Lipinski definition) is 1. The zero-order chi connectivity index (χ0) is 12.1. The molecule has 4 heteroatoms. The minimum absolute atomic E-state index is 0.0879. The quantitative estimate of drug-likeness (QED) is 0.832. The van der Waals surface area contributed by atoms with Crippen LogP contribution in [0.15, 0.2) is 12.1 Å². The Bertz CT molecular complexity index is 349. The summed E-state index contributed by atoms with van der Waals surface area (Å²) in [6, 6.07) is 4.32. The van der Waals surface area contributed by atoms with Gasteiger partial charge in [0.2, 0.25) is 0 Å². The Morgan fingerprint density at radius 3 is 2.69 bits per heavy atom. The average molecular weight is 241 g/mol. The summed E-state index contributed by atoms with van der Waals surface area (Å²) in [5.74, 6) is -0.728. The van der Waals surface area contributed by atoms with Crippen molar-refractivity contribution in [3.8, 4) is 0 Å². The lowest BCUT2D eigenvalue weighted by Gasteiger charge is -2.26. The van der Waals surface area contributed by atoms with E-state index in [1.54, 1.807) is 11.3 Å². The minimum Gasteiger partial charge on any atom is -0.481 e. The molecule has 0 aliphatic rings. The van der Waals surface area contributed by atoms with Gasteiger partial charge in [-0.3, -0.25) is 9.69 Å². The number of rotatable bonds is 6. The fourth-order valence-electron chi connectivity index (χ4n) is 1.73. The lowest BCUT2D eigenvalue weighted by Crippen LogP contribution is -2.33. The van der Waals surface area contributed by atoms with Gasteiger partial charge in [0.1, 0.15) is 0 Å². The van der Waals surface area contributed by atoms with Crippen LogP contribution in [0.25, 0.3) is 0 Å². The Labute approximate surface area is 101 Å². The predicted molar refractivity (Wildman–Crippen MR) is 66.9 cm³/mol. The Morgan fingerprint density at radius 2 is 2.25 bits per heavy atom. The highest BCUT2D eigenvalue weighted by atomic mass is 32.1. The van der Waals surface area contributed by atoms with Crippen molar-refractivity contribution >= 4 is 17.3 Å². The van der Waals surface area contributed by atoms with Gasteiger partial charge in [-0.2, -0.15) is 0 Å². The predicted octanol–water partition coefficient (Wildman–Crippen LogP) is 2.74. The van der Waals surface area contributed by atoms with Gasteiger partial charge >= 0.3 is 5.97 Å². The molecule has 0 spiro atoms. The number of carboxylic acid groups (broad SMARTS) is 1. The Morgan fingerprint density at radius 1 is 1.56 bits per heavy atom. The SMILES string of the molecule is CCN(Cc1ccc(C)s1)C(C)CC(=O)O. The third-order valence-electron chi connectivity index (χ3n) is 2.65. The molecular weight excluding hydrogens is 222 g/mol. The maximum Gasteiger partial charge on any atom is 0.304 e. The van der Waals surface area contributed by atoms with E-state index in [0.717, 1.165) is 13.1 Å². The van der Waals surface area contributed by atoms with Crippen molar-refractivity contribution in [1.29, 1.82) is 0 Å². The first-order valence-electron chi connectivity index (χ1n) is 5.54. The van der Waals surface area contributed by atoms with Crippen molar-refractivity contribution in [2.75, 3.05) is 6.54 Å². The van der Waals surface area contributed by atoms with E-state index in [4.69, 9.17) is 5.11 Å². The molecule has 0 amide bonds. The molecule has 1 unspecified atom stereocenters. The summed E-state index contributed by atoms with van der Waals surface area (Å²) in [7, 11) is 0. The molecule has 0 fully saturated rings. The molecule has 1 rings (SSSR count). The monoisotopic (exact) mass is 241 g/mol. The smallest absolute Gasteiger partial charge is 0.304 e. The van der Waals surface area contributed by atoms with E-state index in [-0.39, 0.29) is 12.5 Å². The first-order valence-corrected chi connectivity index (χ1v) is 6.35. The molecule has 0 aliphatic heterocycles. The molecule has 1 N–H and O–H groups in total. The van der Waals surface area contributed by atoms with Gasteiger partial charge in [0.05, 0.1) is 6.42 Å². The molecule has 1 aromatic rings. The topological polar surface area (TPSA) is 40.5 Å². The van der Waals surface area contributed by atoms with Crippen LogP contribution in [0.1, 0.15) is 30.0 Å². The minimum atomic E-state index is -0.728. The first-order chi connectivity index (χ1) is 7.52. The summed E-state index contributed by atoms with van der Waals surface area (Å²) in [4.78, 5) is 15.5. The van der Waals surface area contributed by atoms with E-state index in [2.05, 4.69) is 30.9 Å². The van der Waals surface area contributed by atoms with Crippen molar-refractivity contribution in [1.82, 2.24) is 4.90 Å². The number of carbonyl (C=O) groups is 1. The van der Waals surface area contributed by atoms with Crippen LogP contribution in [0, 0.1) is 6.92 Å². The fraction of sp³-hybridized carbons (Fsp3) is 0.583. The molecule has 1 heterocycles. The number of hydrogen-bond acceptors (Lipinski definition) is 3. The highest BCUT2D eigenvalue weighted by Gasteiger charge is 2.16. The van der Waals surface area contributed by atoms with Gasteiger partial charge in [-0.1, -0.05) is 6.92 Å². The Hall–Kier alpha value is -0.870. The van der Waals surface area contributed by atoms with E-state index < -0.39 is 5.97 Å². The second-order valence-electron chi connectivity index (χ2n) is 4.02. The lowest BCUT2D eigenvalue weighted by atomic mass is 10.2. The number of nitrogens with zero attached hydrogens (tertiary/aromatic N) is 1. The van der Waals surface area contributed by atoms with Gasteiger partial charge < -0.3 is 5.11 Å². The van der Waals surface area contributed by atoms with Crippen molar-refractivity contribution in [2.24, 2.45) is 0 Å². The molecule has 0 aromatic carbocycles. The van der Waals surface area contributed by atoms with Gasteiger partial charge in [-0.05, 0) is 32.5 Å². The van der Waals surface area contributed by atoms with E-state index >= 15 is 0 Å². The molecule has 1 aromatic heterocycles. The van der Waals surface area contributed by atoms with Gasteiger partial charge in [-0.15, -0.1) is 11.3 Å². The molecule has 0 bridgehead atoms. The van der Waals surface area contributed by atoms with Crippen molar-refractivity contribution in [2.45, 2.75) is 39.8 Å². The van der Waals surface area contributed by atoms with Gasteiger partial charge in [0.25, 0.3) is 0 Å². The van der Waals surface area contributed by atoms with E-state index in [9.17, 15) is 4.79 Å². The highest BCUT2D eigenvalue weighted by molar-refractivity contribution is 7.11. The normalized spacial score (nSPS) is 13.0. The van der Waals surface area contributed by atoms with E-state index in [1.165, 1.54) is 9.75 Å². The van der Waals surface area contributed by atoms with Gasteiger partial charge in [0, 0.05) is 22.3 Å². The Balaban J connectivity index is 2.57. The van der Waals surface area contributed by atoms with Crippen LogP contribution in [0.4, 0.5) is 0 Å². The van der Waals surface area contributed by atoms with Crippen LogP contribution in [0.3, 0.4) is 0 Å². The zero-order valence-corrected chi connectivity index (χ0v) is 10.9. The van der Waals surface area contributed by atoms with E-state index in [0.29, 0.717) is 0 Å². The molecule has 0 aliphatic carbocycles. The molecule has 1 atom stereocenters. The van der Waals surface area contributed by atoms with Crippen LogP contribution in [0.5, 0.6) is 0 Å². The number of aliphatic carboxylic acids is 1. The third-order valence-corrected chi connectivity index (χ3v) is 3.64. The zero-order valence-electron chi connectivity index (χ0n) is 10.1. The molecule has 16 heavy (non-hydrogen) atoms. The maximum atomic E-state index is 10.7. The summed E-state index contributed by atoms with van der Waals surface area (Å²) in [5.41, 5.74) is 0. The van der Waals surface area contributed by atoms with Crippen molar-refractivity contribution in [3.63, 3.8) is 0 Å². The average Bonchev–Trinajstić information content (AvgIpc) is 2.59. The van der Waals surface area contributed by atoms with Crippen LogP contribution >= 0.6 is 11.3 Å². The van der Waals surface area contributed by atoms with Crippen molar-refractivity contribution in [3.05, 3.63) is 21.9 Å². The number of aryl methyl sites for hydroxylation is 1. The van der Waals surface area contributed by atoms with Crippen LogP contribution in [-0.2, 0) is 11.3 Å². The standard InChI is InChI=1S/C12H19NO2S/c1-4-13(9(2)7-12(14)15)8-11-6-5-10(3)16-11/h5-6,9H,4,7-8H2,1-3H3,(H,14,15). The van der Waals surface area contributed by atoms with E-state index in [1.807, 2.05) is 6.92 Å². The summed E-state index contributed by atoms with van der Waals surface area (Å²) >= 11 is 1.78. The number of carboxylic acids is 1. The summed E-state index contributed by atoms with van der Waals surface area (Å²) < 4.78 is 0. The van der Waals surface area contributed by atoms with Crippen LogP contribution in [0.2, 0.25) is 0 Å².